The number of alkyl carbamates (subject to hydrolysis) is 6. The standard InChI is InChI=1S/C58H96F4N6O17/c1-41(2)45(69)77-29-22-63-47(71)79-24-17-13-11-15-19-26-81-49(73)65-37-55(9)33-43(31-53(5,6)35-55)67-51(75)83-39-57(59,60)21-28-85-58(61,62)40-84-52(76)68-44-32-54(7,8)36-56(10,34-44)38-66-50(74)82-27-20-16-12-14-18-25-80-48(72)64-23-30-78-46(70)42(3)4/h43-44H,1,3,11-40H2,2,4-10H3,(H,63,71)(H,64,72)(H,65,73)(H,66,74)(H,67,75)(H,68,76). The largest absolute Gasteiger partial charge is 0.460 e. The predicted molar refractivity (Wildman–Crippen MR) is 304 cm³/mol. The van der Waals surface area contributed by atoms with Gasteiger partial charge in [0.2, 0.25) is 0 Å². The van der Waals surface area contributed by atoms with Crippen molar-refractivity contribution in [3.05, 3.63) is 24.3 Å². The number of nitrogens with one attached hydrogen (secondary N) is 6. The molecule has 0 spiro atoms. The molecule has 27 heteroatoms. The van der Waals surface area contributed by atoms with Crippen molar-refractivity contribution in [2.24, 2.45) is 21.7 Å². The zero-order chi connectivity index (χ0) is 63.7. The third kappa shape index (κ3) is 35.7. The van der Waals surface area contributed by atoms with E-state index in [1.165, 1.54) is 13.8 Å². The average Bonchev–Trinajstić information content (AvgIpc) is 2.52. The first kappa shape index (κ1) is 74.8. The van der Waals surface area contributed by atoms with Gasteiger partial charge in [0.15, 0.2) is 13.2 Å². The molecule has 23 nitrogen and oxygen atoms in total. The van der Waals surface area contributed by atoms with Gasteiger partial charge in [-0.15, -0.1) is 0 Å². The second-order valence-electron chi connectivity index (χ2n) is 24.5. The van der Waals surface area contributed by atoms with E-state index in [4.69, 9.17) is 37.9 Å². The Morgan fingerprint density at radius 2 is 0.776 bits per heavy atom. The molecule has 2 saturated carbocycles. The molecule has 0 aliphatic heterocycles. The molecule has 4 unspecified atom stereocenters. The van der Waals surface area contributed by atoms with Crippen LogP contribution in [-0.2, 0) is 52.2 Å². The SMILES string of the molecule is C=C(C)C(=O)OCCNC(=O)OCCCCCCCOC(=O)NCC1(C)CC(NC(=O)OCC(F)(F)CCOC(F)(F)COC(=O)NC2CC(C)(C)CC(C)(CNC(=O)OCCCCCCCOC(=O)NCCOC(=O)C(=C)C)C2)CC(C)(C)C1. The molecule has 0 aromatic heterocycles. The highest BCUT2D eigenvalue weighted by Crippen LogP contribution is 2.47. The van der Waals surface area contributed by atoms with Crippen LogP contribution < -0.4 is 31.9 Å². The van der Waals surface area contributed by atoms with E-state index >= 15 is 0 Å². The maximum Gasteiger partial charge on any atom is 0.407 e. The van der Waals surface area contributed by atoms with Crippen LogP contribution >= 0.6 is 0 Å². The fraction of sp³-hybridized carbons (Fsp3) is 0.793. The van der Waals surface area contributed by atoms with E-state index in [0.717, 1.165) is 38.5 Å². The third-order valence-corrected chi connectivity index (χ3v) is 13.8. The minimum atomic E-state index is -4.13. The summed E-state index contributed by atoms with van der Waals surface area (Å²) in [6.07, 6.45) is 0.254. The van der Waals surface area contributed by atoms with E-state index in [2.05, 4.69) is 49.8 Å². The number of amides is 6. The van der Waals surface area contributed by atoms with Crippen LogP contribution in [0, 0.1) is 21.7 Å². The van der Waals surface area contributed by atoms with Gasteiger partial charge in [0.25, 0.3) is 5.92 Å². The number of hydrogen-bond acceptors (Lipinski definition) is 17. The van der Waals surface area contributed by atoms with Gasteiger partial charge in [-0.1, -0.05) is 93.2 Å². The Morgan fingerprint density at radius 3 is 1.14 bits per heavy atom. The summed E-state index contributed by atoms with van der Waals surface area (Å²) >= 11 is 0. The summed E-state index contributed by atoms with van der Waals surface area (Å²) in [7, 11) is 0. The highest BCUT2D eigenvalue weighted by atomic mass is 19.3. The van der Waals surface area contributed by atoms with Crippen LogP contribution in [0.4, 0.5) is 46.3 Å². The van der Waals surface area contributed by atoms with Crippen LogP contribution in [0.3, 0.4) is 0 Å². The maximum absolute atomic E-state index is 14.8. The highest BCUT2D eigenvalue weighted by molar-refractivity contribution is 5.87. The zero-order valence-electron chi connectivity index (χ0n) is 51.2. The van der Waals surface area contributed by atoms with Crippen LogP contribution in [0.25, 0.3) is 0 Å². The van der Waals surface area contributed by atoms with Gasteiger partial charge < -0.3 is 74.5 Å². The minimum absolute atomic E-state index is 0.00291. The Labute approximate surface area is 497 Å². The smallest absolute Gasteiger partial charge is 0.407 e. The first-order chi connectivity index (χ1) is 39.7. The predicted octanol–water partition coefficient (Wildman–Crippen LogP) is 10.3. The third-order valence-electron chi connectivity index (χ3n) is 13.8. The summed E-state index contributed by atoms with van der Waals surface area (Å²) in [5.74, 6) is -4.83. The van der Waals surface area contributed by atoms with Gasteiger partial charge in [-0.2, -0.15) is 8.78 Å². The quantitative estimate of drug-likeness (QED) is 0.0110. The van der Waals surface area contributed by atoms with Gasteiger partial charge >= 0.3 is 54.6 Å². The number of esters is 2. The van der Waals surface area contributed by atoms with Crippen molar-refractivity contribution < 1.29 is 98.5 Å². The number of halogens is 4. The maximum atomic E-state index is 14.8. The van der Waals surface area contributed by atoms with Gasteiger partial charge in [0.1, 0.15) is 13.2 Å². The molecular weight excluding hydrogens is 1130 g/mol. The molecular formula is C58H96F4N6O17. The number of carbonyl (C=O) groups excluding carboxylic acids is 8. The summed E-state index contributed by atoms with van der Waals surface area (Å²) < 4.78 is 103. The molecule has 0 aromatic carbocycles. The summed E-state index contributed by atoms with van der Waals surface area (Å²) in [5.41, 5.74) is -1.16. The molecule has 0 bridgehead atoms. The molecule has 0 aromatic rings. The van der Waals surface area contributed by atoms with Crippen LogP contribution in [0.15, 0.2) is 24.3 Å². The lowest BCUT2D eigenvalue weighted by atomic mass is 9.62. The average molecular weight is 1230 g/mol. The Balaban J connectivity index is 1.62. The highest BCUT2D eigenvalue weighted by Gasteiger charge is 2.44. The molecule has 2 aliphatic carbocycles. The fourth-order valence-corrected chi connectivity index (χ4v) is 10.7. The van der Waals surface area contributed by atoms with Crippen LogP contribution in [0.1, 0.15) is 165 Å². The molecule has 2 aliphatic rings. The summed E-state index contributed by atoms with van der Waals surface area (Å²) in [6, 6.07) is -1.02. The molecule has 6 N–H and O–H groups in total. The summed E-state index contributed by atoms with van der Waals surface area (Å²) in [4.78, 5) is 96.7. The second kappa shape index (κ2) is 37.3. The van der Waals surface area contributed by atoms with Crippen molar-refractivity contribution in [1.82, 2.24) is 31.9 Å². The summed E-state index contributed by atoms with van der Waals surface area (Å²) in [6.45, 7) is 19.1. The van der Waals surface area contributed by atoms with E-state index in [1.54, 1.807) is 0 Å². The van der Waals surface area contributed by atoms with E-state index in [0.29, 0.717) is 64.2 Å². The van der Waals surface area contributed by atoms with Crippen LogP contribution in [-0.4, -0.2) is 158 Å². The monoisotopic (exact) mass is 1220 g/mol. The van der Waals surface area contributed by atoms with Crippen LogP contribution in [0.2, 0.25) is 0 Å². The number of alkyl halides is 4. The van der Waals surface area contributed by atoms with E-state index in [9.17, 15) is 55.9 Å². The van der Waals surface area contributed by atoms with Crippen molar-refractivity contribution in [3.63, 3.8) is 0 Å². The molecule has 0 saturated heterocycles. The number of unbranched alkanes of at least 4 members (excludes halogenated alkanes) is 8. The number of rotatable bonds is 38. The topological polar surface area (TPSA) is 292 Å². The molecule has 4 atom stereocenters. The Bertz CT molecular complexity index is 2030. The van der Waals surface area contributed by atoms with Crippen molar-refractivity contribution in [3.8, 4) is 0 Å². The number of hydrogen-bond donors (Lipinski definition) is 6. The van der Waals surface area contributed by atoms with E-state index < -0.39 is 110 Å². The van der Waals surface area contributed by atoms with Crippen molar-refractivity contribution >= 4 is 48.5 Å². The fourth-order valence-electron chi connectivity index (χ4n) is 10.7. The Kier molecular flexibility index (Phi) is 32.8. The van der Waals surface area contributed by atoms with Gasteiger partial charge in [0.05, 0.1) is 46.1 Å². The van der Waals surface area contributed by atoms with Gasteiger partial charge in [0, 0.05) is 42.7 Å². The minimum Gasteiger partial charge on any atom is -0.460 e. The molecule has 0 radical (unpaired) electrons. The number of ether oxygens (including phenoxy) is 9. The molecule has 85 heavy (non-hydrogen) atoms. The second-order valence-corrected chi connectivity index (χ2v) is 24.5. The molecule has 0 heterocycles. The van der Waals surface area contributed by atoms with Gasteiger partial charge in [-0.25, -0.2) is 47.1 Å². The molecule has 2 fully saturated rings. The first-order valence-electron chi connectivity index (χ1n) is 29.3. The molecule has 488 valence electrons. The van der Waals surface area contributed by atoms with Crippen molar-refractivity contribution in [2.75, 3.05) is 85.6 Å². The van der Waals surface area contributed by atoms with E-state index in [1.807, 2.05) is 41.5 Å². The lowest BCUT2D eigenvalue weighted by Crippen LogP contribution is -2.50. The normalized spacial score (nSPS) is 19.8. The van der Waals surface area contributed by atoms with Gasteiger partial charge in [-0.3, -0.25) is 0 Å². The Hall–Kier alpha value is -6.28. The van der Waals surface area contributed by atoms with Gasteiger partial charge in [-0.05, 0) is 99.7 Å². The van der Waals surface area contributed by atoms with Crippen molar-refractivity contribution in [1.29, 1.82) is 0 Å². The lowest BCUT2D eigenvalue weighted by Gasteiger charge is -2.46. The molecule has 2 rings (SSSR count). The first-order valence-corrected chi connectivity index (χ1v) is 29.3. The summed E-state index contributed by atoms with van der Waals surface area (Å²) in [5, 5.41) is 15.8. The lowest BCUT2D eigenvalue weighted by molar-refractivity contribution is -0.262. The van der Waals surface area contributed by atoms with Crippen LogP contribution in [0.5, 0.6) is 0 Å². The zero-order valence-corrected chi connectivity index (χ0v) is 51.2. The van der Waals surface area contributed by atoms with E-state index in [-0.39, 0.29) is 87.8 Å². The molecule has 6 amide bonds. The number of carbonyl (C=O) groups is 8. The Morgan fingerprint density at radius 1 is 0.435 bits per heavy atom. The van der Waals surface area contributed by atoms with Crippen molar-refractivity contribution in [2.45, 2.75) is 189 Å².